The van der Waals surface area contributed by atoms with Crippen LogP contribution in [0.25, 0.3) is 0 Å². The van der Waals surface area contributed by atoms with Crippen LogP contribution >= 0.6 is 11.8 Å². The van der Waals surface area contributed by atoms with E-state index in [0.29, 0.717) is 24.2 Å². The summed E-state index contributed by atoms with van der Waals surface area (Å²) >= 11 is 1.81. The molecule has 0 aliphatic heterocycles. The zero-order chi connectivity index (χ0) is 34.5. The third-order valence-corrected chi connectivity index (χ3v) is 9.34. The van der Waals surface area contributed by atoms with Gasteiger partial charge < -0.3 is 18.9 Å². The van der Waals surface area contributed by atoms with Crippen molar-refractivity contribution in [1.82, 2.24) is 0 Å². The molecule has 0 aliphatic rings. The lowest BCUT2D eigenvalue weighted by Crippen LogP contribution is -2.26. The number of ether oxygens (including phenoxy) is 4. The van der Waals surface area contributed by atoms with E-state index in [0.717, 1.165) is 28.2 Å². The molecule has 0 spiro atoms. The summed E-state index contributed by atoms with van der Waals surface area (Å²) in [5, 5.41) is 10.8. The molecule has 0 saturated heterocycles. The van der Waals surface area contributed by atoms with Crippen molar-refractivity contribution in [2.75, 3.05) is 19.5 Å². The lowest BCUT2D eigenvalue weighted by molar-refractivity contribution is -0.384. The Morgan fingerprint density at radius 3 is 1.84 bits per heavy atom. The molecule has 9 nitrogen and oxygen atoms in total. The normalized spacial score (nSPS) is 11.0. The molecule has 250 valence electrons. The third kappa shape index (κ3) is 9.27. The molecule has 5 rings (SSSR count). The van der Waals surface area contributed by atoms with Crippen molar-refractivity contribution in [1.29, 1.82) is 0 Å². The number of benzene rings is 5. The highest BCUT2D eigenvalue weighted by molar-refractivity contribution is 8.00. The van der Waals surface area contributed by atoms with E-state index in [4.69, 9.17) is 18.9 Å². The Bertz CT molecular complexity index is 1770. The summed E-state index contributed by atoms with van der Waals surface area (Å²) in [4.78, 5) is 35.0. The molecule has 0 fully saturated rings. The van der Waals surface area contributed by atoms with E-state index in [9.17, 15) is 19.7 Å². The number of nitrogens with zero attached hydrogens (tertiary/aromatic N) is 1. The first-order chi connectivity index (χ1) is 23.9. The molecule has 0 aromatic heterocycles. The second kappa shape index (κ2) is 17.0. The monoisotopic (exact) mass is 677 g/mol. The van der Waals surface area contributed by atoms with Crippen LogP contribution in [0.3, 0.4) is 0 Å². The van der Waals surface area contributed by atoms with E-state index in [-0.39, 0.29) is 30.4 Å². The van der Waals surface area contributed by atoms with Gasteiger partial charge in [0, 0.05) is 18.6 Å². The second-order valence-corrected chi connectivity index (χ2v) is 12.3. The molecule has 0 atom stereocenters. The number of non-ortho nitro benzene ring substituents is 1. The van der Waals surface area contributed by atoms with Crippen molar-refractivity contribution in [3.05, 3.63) is 166 Å². The van der Waals surface area contributed by atoms with E-state index in [1.165, 1.54) is 24.3 Å². The van der Waals surface area contributed by atoms with Gasteiger partial charge in [0.05, 0.1) is 16.8 Å². The first kappa shape index (κ1) is 34.7. The van der Waals surface area contributed by atoms with Crippen LogP contribution in [0.5, 0.6) is 17.2 Å². The molecular formula is C39H35NO8S. The van der Waals surface area contributed by atoms with Crippen LogP contribution in [0.15, 0.2) is 133 Å². The van der Waals surface area contributed by atoms with Crippen molar-refractivity contribution < 1.29 is 33.5 Å². The van der Waals surface area contributed by atoms with E-state index in [2.05, 4.69) is 60.7 Å². The summed E-state index contributed by atoms with van der Waals surface area (Å²) in [5.41, 5.74) is 4.01. The number of rotatable bonds is 16. The summed E-state index contributed by atoms with van der Waals surface area (Å²) in [6.45, 7) is -0.101. The van der Waals surface area contributed by atoms with E-state index in [1.54, 1.807) is 43.1 Å². The van der Waals surface area contributed by atoms with Crippen molar-refractivity contribution in [2.45, 2.75) is 24.2 Å². The molecule has 10 heteroatoms. The third-order valence-electron chi connectivity index (χ3n) is 7.70. The predicted molar refractivity (Wildman–Crippen MR) is 188 cm³/mol. The molecule has 5 aromatic rings. The van der Waals surface area contributed by atoms with Crippen molar-refractivity contribution in [3.63, 3.8) is 0 Å². The molecule has 0 bridgehead atoms. The van der Waals surface area contributed by atoms with Crippen LogP contribution in [0.2, 0.25) is 0 Å². The number of carbonyl (C=O) groups is 2. The molecule has 0 N–H and O–H groups in total. The average molecular weight is 678 g/mol. The van der Waals surface area contributed by atoms with Gasteiger partial charge in [-0.05, 0) is 70.8 Å². The average Bonchev–Trinajstić information content (AvgIpc) is 3.15. The van der Waals surface area contributed by atoms with E-state index >= 15 is 0 Å². The van der Waals surface area contributed by atoms with Gasteiger partial charge in [-0.1, -0.05) is 84.9 Å². The first-order valence-electron chi connectivity index (χ1n) is 15.6. The highest BCUT2D eigenvalue weighted by Gasteiger charge is 2.36. The summed E-state index contributed by atoms with van der Waals surface area (Å²) < 4.78 is 20.8. The van der Waals surface area contributed by atoms with Crippen molar-refractivity contribution in [2.24, 2.45) is 0 Å². The Hall–Kier alpha value is -5.61. The van der Waals surface area contributed by atoms with Gasteiger partial charge in [0.2, 0.25) is 0 Å². The summed E-state index contributed by atoms with van der Waals surface area (Å²) in [7, 11) is 1.66. The lowest BCUT2D eigenvalue weighted by Gasteiger charge is -2.35. The number of methoxy groups -OCH3 is 1. The highest BCUT2D eigenvalue weighted by atomic mass is 32.2. The van der Waals surface area contributed by atoms with Gasteiger partial charge >= 0.3 is 6.16 Å². The van der Waals surface area contributed by atoms with Gasteiger partial charge in [-0.15, -0.1) is 11.8 Å². The number of hydrogen-bond acceptors (Lipinski definition) is 9. The molecule has 0 heterocycles. The van der Waals surface area contributed by atoms with Gasteiger partial charge in [0.15, 0.2) is 5.78 Å². The number of Topliss-reactive ketones (excluding diaryl/α,β-unsaturated/α-hetero) is 1. The van der Waals surface area contributed by atoms with Gasteiger partial charge in [-0.2, -0.15) is 0 Å². The van der Waals surface area contributed by atoms with Gasteiger partial charge in [-0.3, -0.25) is 14.9 Å². The fourth-order valence-electron chi connectivity index (χ4n) is 5.24. The maximum atomic E-state index is 12.8. The van der Waals surface area contributed by atoms with Crippen LogP contribution in [-0.4, -0.2) is 36.3 Å². The molecular weight excluding hydrogens is 642 g/mol. The fraction of sp³-hybridized carbons (Fsp3) is 0.179. The minimum atomic E-state index is -0.938. The minimum absolute atomic E-state index is 0.00327. The number of thioether (sulfide) groups is 1. The molecule has 0 aliphatic carbocycles. The highest BCUT2D eigenvalue weighted by Crippen LogP contribution is 2.49. The van der Waals surface area contributed by atoms with Crippen molar-refractivity contribution in [3.8, 4) is 17.2 Å². The quantitative estimate of drug-likeness (QED) is 0.0252. The topological polar surface area (TPSA) is 114 Å². The first-order valence-corrected chi connectivity index (χ1v) is 16.6. The summed E-state index contributed by atoms with van der Waals surface area (Å²) in [5.74, 6) is 2.18. The van der Waals surface area contributed by atoms with Gasteiger partial charge in [0.1, 0.15) is 30.5 Å². The summed E-state index contributed by atoms with van der Waals surface area (Å²) in [6, 6.07) is 40.9. The smallest absolute Gasteiger partial charge is 0.497 e. The zero-order valence-corrected chi connectivity index (χ0v) is 27.7. The second-order valence-electron chi connectivity index (χ2n) is 11.0. The molecule has 0 unspecified atom stereocenters. The predicted octanol–water partition coefficient (Wildman–Crippen LogP) is 8.77. The molecule has 5 aromatic carbocycles. The molecule has 0 saturated carbocycles. The zero-order valence-electron chi connectivity index (χ0n) is 26.9. The number of carbonyl (C=O) groups excluding carboxylic acids is 2. The van der Waals surface area contributed by atoms with Crippen LogP contribution in [0, 0.1) is 10.1 Å². The summed E-state index contributed by atoms with van der Waals surface area (Å²) in [6.07, 6.45) is 0.112. The van der Waals surface area contributed by atoms with Crippen molar-refractivity contribution >= 4 is 29.4 Å². The van der Waals surface area contributed by atoms with Crippen LogP contribution in [0.1, 0.15) is 35.1 Å². The maximum absolute atomic E-state index is 12.8. The van der Waals surface area contributed by atoms with Gasteiger partial charge in [-0.25, -0.2) is 4.79 Å². The largest absolute Gasteiger partial charge is 0.514 e. The Balaban J connectivity index is 1.12. The standard InChI is InChI=1S/C39H35NO8S/c1-45-35-22-16-32(17-23-35)39(30-9-4-2-5-10-30,31-11-6-3-7-12-31)49-26-8-13-34(41)28-46-36-20-14-29(15-21-36)27-47-38(42)48-37-24-18-33(19-25-37)40(43)44/h2-7,9-12,14-25H,8,13,26-28H2,1H3. The Morgan fingerprint density at radius 2 is 1.27 bits per heavy atom. The number of nitro benzene ring substituents is 1. The number of hydrogen-bond donors (Lipinski definition) is 0. The van der Waals surface area contributed by atoms with E-state index in [1.807, 2.05) is 24.3 Å². The molecule has 0 amide bonds. The number of ketones is 1. The molecule has 0 radical (unpaired) electrons. The lowest BCUT2D eigenvalue weighted by atomic mass is 9.84. The Labute approximate surface area is 288 Å². The van der Waals surface area contributed by atoms with Crippen LogP contribution in [0.4, 0.5) is 10.5 Å². The minimum Gasteiger partial charge on any atom is -0.497 e. The molecule has 49 heavy (non-hydrogen) atoms. The van der Waals surface area contributed by atoms with Crippen LogP contribution in [-0.2, 0) is 20.9 Å². The maximum Gasteiger partial charge on any atom is 0.514 e. The fourth-order valence-corrected chi connectivity index (χ4v) is 6.74. The Morgan fingerprint density at radius 1 is 0.714 bits per heavy atom. The number of nitro groups is 1. The van der Waals surface area contributed by atoms with Crippen LogP contribution < -0.4 is 14.2 Å². The Kier molecular flexibility index (Phi) is 12.0. The SMILES string of the molecule is COc1ccc(C(SCCCC(=O)COc2ccc(COC(=O)Oc3ccc([N+](=O)[O-])cc3)cc2)(c2ccccc2)c2ccccc2)cc1. The van der Waals surface area contributed by atoms with E-state index < -0.39 is 15.8 Å². The van der Waals surface area contributed by atoms with Gasteiger partial charge in [0.25, 0.3) is 5.69 Å².